The number of halogens is 3. The highest BCUT2D eigenvalue weighted by atomic mass is 19.4. The predicted molar refractivity (Wildman–Crippen MR) is 140 cm³/mol. The first kappa shape index (κ1) is 29.5. The number of carboxylic acids is 1. The van der Waals surface area contributed by atoms with E-state index in [0.717, 1.165) is 62.4 Å². The molecule has 3 aliphatic rings. The molecule has 2 saturated heterocycles. The van der Waals surface area contributed by atoms with E-state index in [-0.39, 0.29) is 17.4 Å². The van der Waals surface area contributed by atoms with E-state index in [1.807, 2.05) is 18.2 Å². The van der Waals surface area contributed by atoms with E-state index in [9.17, 15) is 18.0 Å². The van der Waals surface area contributed by atoms with Gasteiger partial charge in [-0.2, -0.15) is 13.2 Å². The number of nitrogens with zero attached hydrogens (tertiary/aromatic N) is 1. The van der Waals surface area contributed by atoms with Gasteiger partial charge in [-0.1, -0.05) is 48.5 Å². The molecule has 3 heterocycles. The fraction of sp³-hybridized carbons (Fsp3) is 0.467. The van der Waals surface area contributed by atoms with Crippen molar-refractivity contribution in [1.82, 2.24) is 4.90 Å². The molecule has 0 aromatic heterocycles. The number of para-hydroxylation sites is 1. The molecule has 1 amide bonds. The Labute approximate surface area is 232 Å². The number of amides is 1. The molecule has 3 aliphatic heterocycles. The summed E-state index contributed by atoms with van der Waals surface area (Å²) in [6, 6.07) is 17.1. The van der Waals surface area contributed by atoms with E-state index in [1.165, 1.54) is 5.56 Å². The number of hydrogen-bond donors (Lipinski definition) is 1. The third-order valence-electron chi connectivity index (χ3n) is 8.35. The molecule has 0 aliphatic carbocycles. The van der Waals surface area contributed by atoms with Crippen molar-refractivity contribution in [3.8, 4) is 11.5 Å². The van der Waals surface area contributed by atoms with Crippen LogP contribution in [0.5, 0.6) is 11.5 Å². The fourth-order valence-corrected chi connectivity index (χ4v) is 6.46. The second-order valence-electron chi connectivity index (χ2n) is 10.5. The molecular weight excluding hydrogens is 525 g/mol. The molecule has 2 fully saturated rings. The number of hydrogen-bond acceptors (Lipinski definition) is 5. The molecule has 2 aromatic rings. The van der Waals surface area contributed by atoms with E-state index in [1.54, 1.807) is 7.11 Å². The molecule has 10 heteroatoms. The fourth-order valence-electron chi connectivity index (χ4n) is 6.46. The summed E-state index contributed by atoms with van der Waals surface area (Å²) in [4.78, 5) is 25.1. The van der Waals surface area contributed by atoms with Crippen LogP contribution in [0, 0.1) is 5.92 Å². The van der Waals surface area contributed by atoms with Crippen LogP contribution in [0.2, 0.25) is 0 Å². The lowest BCUT2D eigenvalue weighted by atomic mass is 9.68. The Kier molecular flexibility index (Phi) is 9.08. The van der Waals surface area contributed by atoms with Gasteiger partial charge in [0.15, 0.2) is 11.5 Å². The lowest BCUT2D eigenvalue weighted by molar-refractivity contribution is -0.640. The average Bonchev–Trinajstić information content (AvgIpc) is 3.37. The number of alkyl halides is 3. The molecule has 1 spiro atoms. The maximum atomic E-state index is 14.2. The quantitative estimate of drug-likeness (QED) is 0.568. The van der Waals surface area contributed by atoms with Crippen LogP contribution in [0.1, 0.15) is 42.7 Å². The number of nitrogens with two attached hydrogens (primary N) is 1. The maximum Gasteiger partial charge on any atom is 0.430 e. The van der Waals surface area contributed by atoms with Crippen molar-refractivity contribution in [3.63, 3.8) is 0 Å². The summed E-state index contributed by atoms with van der Waals surface area (Å²) in [6.45, 7) is 7.18. The summed E-state index contributed by atoms with van der Waals surface area (Å²) in [5.74, 6) is -0.668. The van der Waals surface area contributed by atoms with Crippen molar-refractivity contribution in [2.75, 3.05) is 33.4 Å². The van der Waals surface area contributed by atoms with Crippen molar-refractivity contribution in [2.24, 2.45) is 5.92 Å². The van der Waals surface area contributed by atoms with Crippen LogP contribution in [0.15, 0.2) is 61.2 Å². The maximum absolute atomic E-state index is 14.2. The SMILES string of the molecule is C=CCC1CC(c2ccccc2)CCN1C(=O)[C@@H]1C[NH2+]C[C@]12CCOc1c(OC)cccc12.O=C([O-])C(F)(F)F. The lowest BCUT2D eigenvalue weighted by Crippen LogP contribution is -2.82. The standard InChI is InChI=1S/C28H34N2O3.C2HF3O2/c1-3-8-22-17-21(20-9-5-4-6-10-20)13-15-30(22)27(31)24-18-29-19-28(24)14-16-33-26-23(28)11-7-12-25(26)32-2;3-2(4,5)1(6)7/h3-7,9-12,21-22,24,29H,1,8,13-19H2,2H3;(H,6,7)/t21?,22?,24-,28-;/m0./s1. The average molecular weight is 561 g/mol. The Morgan fingerprint density at radius 2 is 1.95 bits per heavy atom. The van der Waals surface area contributed by atoms with Crippen molar-refractivity contribution in [2.45, 2.75) is 49.2 Å². The lowest BCUT2D eigenvalue weighted by Gasteiger charge is -2.43. The highest BCUT2D eigenvalue weighted by molar-refractivity contribution is 5.82. The van der Waals surface area contributed by atoms with Crippen molar-refractivity contribution in [3.05, 3.63) is 72.3 Å². The highest BCUT2D eigenvalue weighted by Gasteiger charge is 2.55. The molecular formula is C30H35F3N2O5. The summed E-state index contributed by atoms with van der Waals surface area (Å²) in [5, 5.41) is 11.1. The second kappa shape index (κ2) is 12.3. The summed E-state index contributed by atoms with van der Waals surface area (Å²) in [5.41, 5.74) is 2.32. The van der Waals surface area contributed by atoms with Gasteiger partial charge in [-0.3, -0.25) is 4.79 Å². The number of ether oxygens (including phenoxy) is 2. The first-order chi connectivity index (χ1) is 19.1. The van der Waals surface area contributed by atoms with Gasteiger partial charge < -0.3 is 29.6 Å². The van der Waals surface area contributed by atoms with E-state index < -0.39 is 12.1 Å². The molecule has 0 bridgehead atoms. The van der Waals surface area contributed by atoms with Crippen LogP contribution in [0.3, 0.4) is 0 Å². The van der Waals surface area contributed by atoms with Gasteiger partial charge in [0.25, 0.3) is 0 Å². The van der Waals surface area contributed by atoms with E-state index in [0.29, 0.717) is 18.4 Å². The Balaban J connectivity index is 0.000000470. The number of methoxy groups -OCH3 is 1. The summed E-state index contributed by atoms with van der Waals surface area (Å²) >= 11 is 0. The number of likely N-dealkylation sites (tertiary alicyclic amines) is 1. The van der Waals surface area contributed by atoms with Gasteiger partial charge in [0.1, 0.15) is 11.9 Å². The molecule has 40 heavy (non-hydrogen) atoms. The first-order valence-corrected chi connectivity index (χ1v) is 13.5. The Hall–Kier alpha value is -3.53. The van der Waals surface area contributed by atoms with Gasteiger partial charge in [0, 0.05) is 18.2 Å². The number of quaternary nitrogens is 1. The summed E-state index contributed by atoms with van der Waals surface area (Å²) in [6.07, 6.45) is 0.501. The van der Waals surface area contributed by atoms with Gasteiger partial charge in [0.05, 0.1) is 32.2 Å². The molecule has 2 N–H and O–H groups in total. The number of carbonyl (C=O) groups is 2. The smallest absolute Gasteiger partial charge is 0.430 e. The largest absolute Gasteiger partial charge is 0.542 e. The molecule has 2 unspecified atom stereocenters. The molecule has 0 radical (unpaired) electrons. The number of piperidine rings is 1. The van der Waals surface area contributed by atoms with Crippen molar-refractivity contribution in [1.29, 1.82) is 0 Å². The molecule has 2 aromatic carbocycles. The number of fused-ring (bicyclic) bond motifs is 2. The Bertz CT molecular complexity index is 1210. The van der Waals surface area contributed by atoms with Crippen LogP contribution in [-0.2, 0) is 15.0 Å². The van der Waals surface area contributed by atoms with Crippen LogP contribution in [-0.4, -0.2) is 62.3 Å². The van der Waals surface area contributed by atoms with E-state index >= 15 is 0 Å². The minimum Gasteiger partial charge on any atom is -0.542 e. The van der Waals surface area contributed by atoms with Crippen LogP contribution in [0.4, 0.5) is 13.2 Å². The number of rotatable bonds is 5. The predicted octanol–water partition coefficient (Wildman–Crippen LogP) is 2.56. The number of carboxylic acid groups (broad SMARTS) is 1. The Morgan fingerprint density at radius 1 is 1.23 bits per heavy atom. The van der Waals surface area contributed by atoms with Crippen molar-refractivity contribution < 1.29 is 42.7 Å². The van der Waals surface area contributed by atoms with Crippen LogP contribution < -0.4 is 19.9 Å². The molecule has 216 valence electrons. The van der Waals surface area contributed by atoms with Gasteiger partial charge in [-0.25, -0.2) is 0 Å². The number of aliphatic carboxylic acids is 1. The minimum absolute atomic E-state index is 0.0483. The molecule has 5 rings (SSSR count). The van der Waals surface area contributed by atoms with E-state index in [4.69, 9.17) is 19.4 Å². The van der Waals surface area contributed by atoms with Gasteiger partial charge >= 0.3 is 6.18 Å². The molecule has 4 atom stereocenters. The van der Waals surface area contributed by atoms with Crippen molar-refractivity contribution >= 4 is 11.9 Å². The van der Waals surface area contributed by atoms with Gasteiger partial charge in [0.2, 0.25) is 5.91 Å². The van der Waals surface area contributed by atoms with E-state index in [2.05, 4.69) is 53.2 Å². The topological polar surface area (TPSA) is 95.5 Å². The summed E-state index contributed by atoms with van der Waals surface area (Å²) in [7, 11) is 1.68. The minimum atomic E-state index is -5.19. The molecule has 0 saturated carbocycles. The van der Waals surface area contributed by atoms with Gasteiger partial charge in [-0.15, -0.1) is 6.58 Å². The monoisotopic (exact) mass is 560 g/mol. The zero-order chi connectivity index (χ0) is 28.9. The first-order valence-electron chi connectivity index (χ1n) is 13.5. The Morgan fingerprint density at radius 3 is 2.60 bits per heavy atom. The van der Waals surface area contributed by atoms with Gasteiger partial charge in [-0.05, 0) is 43.2 Å². The van der Waals surface area contributed by atoms with Crippen LogP contribution >= 0.6 is 0 Å². The zero-order valence-electron chi connectivity index (χ0n) is 22.5. The molecule has 7 nitrogen and oxygen atoms in total. The third kappa shape index (κ3) is 5.96. The highest BCUT2D eigenvalue weighted by Crippen LogP contribution is 2.49. The number of carbonyl (C=O) groups excluding carboxylic acids is 2. The second-order valence-corrected chi connectivity index (χ2v) is 10.5. The zero-order valence-corrected chi connectivity index (χ0v) is 22.5. The number of benzene rings is 2. The third-order valence-corrected chi connectivity index (χ3v) is 8.35. The summed E-state index contributed by atoms with van der Waals surface area (Å²) < 4.78 is 43.2. The van der Waals surface area contributed by atoms with Crippen LogP contribution in [0.25, 0.3) is 0 Å². The normalized spacial score (nSPS) is 25.7.